The van der Waals surface area contributed by atoms with Gasteiger partial charge in [0.25, 0.3) is 0 Å². The summed E-state index contributed by atoms with van der Waals surface area (Å²) in [7, 11) is 1.66. The predicted molar refractivity (Wildman–Crippen MR) is 112 cm³/mol. The normalized spacial score (nSPS) is 14.3. The molecule has 1 fully saturated rings. The first kappa shape index (κ1) is 19.8. The van der Waals surface area contributed by atoms with Crippen LogP contribution in [0.2, 0.25) is 0 Å². The molecule has 0 spiro atoms. The molecule has 1 amide bonds. The van der Waals surface area contributed by atoms with Crippen LogP contribution in [0.5, 0.6) is 5.75 Å². The highest BCUT2D eigenvalue weighted by Crippen LogP contribution is 2.17. The Morgan fingerprint density at radius 3 is 2.48 bits per heavy atom. The number of carbonyl (C=O) groups is 1. The van der Waals surface area contributed by atoms with Crippen LogP contribution in [0.4, 0.5) is 0 Å². The molecule has 27 heavy (non-hydrogen) atoms. The molecule has 2 aromatic rings. The van der Waals surface area contributed by atoms with E-state index in [0.717, 1.165) is 18.0 Å². The lowest BCUT2D eigenvalue weighted by Gasteiger charge is -2.17. The van der Waals surface area contributed by atoms with Crippen LogP contribution in [0.25, 0.3) is 0 Å². The van der Waals surface area contributed by atoms with E-state index in [1.54, 1.807) is 18.9 Å². The zero-order valence-corrected chi connectivity index (χ0v) is 16.8. The molecule has 0 aliphatic carbocycles. The molecule has 0 bridgehead atoms. The van der Waals surface area contributed by atoms with E-state index >= 15 is 0 Å². The minimum Gasteiger partial charge on any atom is -0.497 e. The van der Waals surface area contributed by atoms with Crippen LogP contribution in [0.15, 0.2) is 48.5 Å². The molecular formula is C22H28N2O2S. The second-order valence-corrected chi connectivity index (χ2v) is 7.86. The Bertz CT molecular complexity index is 727. The van der Waals surface area contributed by atoms with Crippen molar-refractivity contribution >= 4 is 17.7 Å². The third-order valence-electron chi connectivity index (χ3n) is 4.85. The number of nitrogens with zero attached hydrogens (tertiary/aromatic N) is 1. The van der Waals surface area contributed by atoms with Crippen molar-refractivity contribution in [2.24, 2.45) is 0 Å². The summed E-state index contributed by atoms with van der Waals surface area (Å²) in [4.78, 5) is 14.7. The number of carbonyl (C=O) groups excluding carboxylic acids is 1. The van der Waals surface area contributed by atoms with Crippen LogP contribution < -0.4 is 10.1 Å². The molecule has 1 aliphatic heterocycles. The molecule has 1 saturated heterocycles. The second-order valence-electron chi connectivity index (χ2n) is 6.87. The van der Waals surface area contributed by atoms with Crippen molar-refractivity contribution in [2.75, 3.05) is 26.0 Å². The van der Waals surface area contributed by atoms with Crippen molar-refractivity contribution in [1.29, 1.82) is 0 Å². The number of hydrogen-bond acceptors (Lipinski definition) is 4. The van der Waals surface area contributed by atoms with Crippen molar-refractivity contribution < 1.29 is 9.53 Å². The summed E-state index contributed by atoms with van der Waals surface area (Å²) in [6.07, 6.45) is 2.59. The van der Waals surface area contributed by atoms with Gasteiger partial charge in [0.2, 0.25) is 5.91 Å². The largest absolute Gasteiger partial charge is 0.497 e. The Hall–Kier alpha value is -1.98. The summed E-state index contributed by atoms with van der Waals surface area (Å²) < 4.78 is 5.16. The lowest BCUT2D eigenvalue weighted by Crippen LogP contribution is -2.26. The quantitative estimate of drug-likeness (QED) is 0.713. The molecule has 1 N–H and O–H groups in total. The van der Waals surface area contributed by atoms with Gasteiger partial charge in [-0.15, -0.1) is 11.8 Å². The predicted octanol–water partition coefficient (Wildman–Crippen LogP) is 3.84. The zero-order chi connectivity index (χ0) is 18.9. The van der Waals surface area contributed by atoms with Crippen molar-refractivity contribution in [3.05, 3.63) is 65.2 Å². The van der Waals surface area contributed by atoms with Gasteiger partial charge in [-0.25, -0.2) is 0 Å². The van der Waals surface area contributed by atoms with Crippen molar-refractivity contribution in [3.8, 4) is 5.75 Å². The number of thioether (sulfide) groups is 1. The van der Waals surface area contributed by atoms with Gasteiger partial charge in [0, 0.05) is 18.8 Å². The molecule has 0 aromatic heterocycles. The number of rotatable bonds is 9. The van der Waals surface area contributed by atoms with Crippen molar-refractivity contribution in [1.82, 2.24) is 10.2 Å². The monoisotopic (exact) mass is 384 g/mol. The molecule has 1 aliphatic rings. The van der Waals surface area contributed by atoms with E-state index in [1.807, 2.05) is 30.3 Å². The Kier molecular flexibility index (Phi) is 7.60. The maximum absolute atomic E-state index is 12.2. The molecule has 0 unspecified atom stereocenters. The average Bonchev–Trinajstić information content (AvgIpc) is 3.21. The number of ether oxygens (including phenoxy) is 1. The van der Waals surface area contributed by atoms with Gasteiger partial charge >= 0.3 is 0 Å². The van der Waals surface area contributed by atoms with Crippen LogP contribution in [0, 0.1) is 0 Å². The van der Waals surface area contributed by atoms with Gasteiger partial charge in [-0.2, -0.15) is 0 Å². The summed E-state index contributed by atoms with van der Waals surface area (Å²) in [5.41, 5.74) is 3.74. The molecule has 144 valence electrons. The van der Waals surface area contributed by atoms with Crippen LogP contribution in [0.1, 0.15) is 29.5 Å². The maximum Gasteiger partial charge on any atom is 0.230 e. The highest BCUT2D eigenvalue weighted by atomic mass is 32.2. The number of methoxy groups -OCH3 is 1. The molecule has 5 heteroatoms. The number of likely N-dealkylation sites (tertiary alicyclic amines) is 1. The van der Waals surface area contributed by atoms with Gasteiger partial charge in [-0.1, -0.05) is 36.4 Å². The fraction of sp³-hybridized carbons (Fsp3) is 0.409. The summed E-state index contributed by atoms with van der Waals surface area (Å²) in [6, 6.07) is 16.4. The smallest absolute Gasteiger partial charge is 0.230 e. The minimum absolute atomic E-state index is 0.0875. The number of nitrogens with one attached hydrogen (secondary N) is 1. The second kappa shape index (κ2) is 10.4. The first-order valence-corrected chi connectivity index (χ1v) is 10.7. The fourth-order valence-electron chi connectivity index (χ4n) is 3.29. The van der Waals surface area contributed by atoms with Crippen LogP contribution in [-0.2, 0) is 23.6 Å². The van der Waals surface area contributed by atoms with Gasteiger partial charge < -0.3 is 10.1 Å². The molecule has 0 atom stereocenters. The average molecular weight is 385 g/mol. The Labute approximate surface area is 166 Å². The summed E-state index contributed by atoms with van der Waals surface area (Å²) in [5.74, 6) is 2.24. The van der Waals surface area contributed by atoms with Gasteiger partial charge in [-0.05, 0) is 54.8 Å². The first-order valence-electron chi connectivity index (χ1n) is 9.51. The third kappa shape index (κ3) is 6.29. The number of benzene rings is 2. The maximum atomic E-state index is 12.2. The summed E-state index contributed by atoms with van der Waals surface area (Å²) in [6.45, 7) is 3.95. The van der Waals surface area contributed by atoms with Gasteiger partial charge in [0.1, 0.15) is 5.75 Å². The highest BCUT2D eigenvalue weighted by Gasteiger charge is 2.13. The molecule has 2 aromatic carbocycles. The minimum atomic E-state index is 0.0875. The topological polar surface area (TPSA) is 41.6 Å². The standard InChI is InChI=1S/C22H28N2O2S/c1-26-21-10-8-18(9-11-21)16-27-17-22(25)23-14-19-6-2-3-7-20(19)15-24-12-4-5-13-24/h2-3,6-11H,4-5,12-17H2,1H3,(H,23,25). The number of hydrogen-bond donors (Lipinski definition) is 1. The Morgan fingerprint density at radius 1 is 1.07 bits per heavy atom. The molecule has 1 heterocycles. The molecule has 0 saturated carbocycles. The van der Waals surface area contributed by atoms with Gasteiger partial charge in [-0.3, -0.25) is 9.69 Å². The Balaban J connectivity index is 1.42. The van der Waals surface area contributed by atoms with E-state index in [9.17, 15) is 4.79 Å². The number of amides is 1. The van der Waals surface area contributed by atoms with Crippen LogP contribution >= 0.6 is 11.8 Å². The molecule has 3 rings (SSSR count). The molecular weight excluding hydrogens is 356 g/mol. The molecule has 4 nitrogen and oxygen atoms in total. The van der Waals surface area contributed by atoms with E-state index in [2.05, 4.69) is 28.4 Å². The van der Waals surface area contributed by atoms with Gasteiger partial charge in [0.05, 0.1) is 12.9 Å². The molecule has 0 radical (unpaired) electrons. The van der Waals surface area contributed by atoms with Gasteiger partial charge in [0.15, 0.2) is 0 Å². The Morgan fingerprint density at radius 2 is 1.78 bits per heavy atom. The van der Waals surface area contributed by atoms with E-state index < -0.39 is 0 Å². The van der Waals surface area contributed by atoms with Crippen molar-refractivity contribution in [2.45, 2.75) is 31.7 Å². The summed E-state index contributed by atoms with van der Waals surface area (Å²) in [5, 5.41) is 3.07. The van der Waals surface area contributed by atoms with E-state index in [1.165, 1.54) is 42.6 Å². The van der Waals surface area contributed by atoms with Crippen molar-refractivity contribution in [3.63, 3.8) is 0 Å². The van der Waals surface area contributed by atoms with E-state index in [0.29, 0.717) is 12.3 Å². The van der Waals surface area contributed by atoms with E-state index in [-0.39, 0.29) is 5.91 Å². The van der Waals surface area contributed by atoms with E-state index in [4.69, 9.17) is 4.74 Å². The van der Waals surface area contributed by atoms with Crippen LogP contribution in [0.3, 0.4) is 0 Å². The van der Waals surface area contributed by atoms with Crippen LogP contribution in [-0.4, -0.2) is 36.8 Å². The lowest BCUT2D eigenvalue weighted by molar-refractivity contribution is -0.118. The third-order valence-corrected chi connectivity index (χ3v) is 5.85. The lowest BCUT2D eigenvalue weighted by atomic mass is 10.1. The fourth-order valence-corrected chi connectivity index (χ4v) is 4.11. The summed E-state index contributed by atoms with van der Waals surface area (Å²) >= 11 is 1.63. The highest BCUT2D eigenvalue weighted by molar-refractivity contribution is 7.99. The first-order chi connectivity index (χ1) is 13.2. The SMILES string of the molecule is COc1ccc(CSCC(=O)NCc2ccccc2CN2CCCC2)cc1. The zero-order valence-electron chi connectivity index (χ0n) is 15.9.